The Kier molecular flexibility index (Phi) is 6.21. The highest BCUT2D eigenvalue weighted by atomic mass is 32.2. The molecule has 0 aliphatic carbocycles. The molecule has 1 atom stereocenters. The van der Waals surface area contributed by atoms with Crippen LogP contribution in [-0.4, -0.2) is 61.6 Å². The number of likely N-dealkylation sites (tertiary alicyclic amines) is 1. The second-order valence-corrected chi connectivity index (χ2v) is 8.96. The first-order chi connectivity index (χ1) is 14.6. The van der Waals surface area contributed by atoms with Crippen LogP contribution in [0.4, 0.5) is 9.93 Å². The Balaban J connectivity index is 1.61. The van der Waals surface area contributed by atoms with Gasteiger partial charge in [0.25, 0.3) is 21.8 Å². The summed E-state index contributed by atoms with van der Waals surface area (Å²) in [6, 6.07) is 3.68. The number of carbonyl (C=O) groups excluding carboxylic acids is 3. The van der Waals surface area contributed by atoms with Gasteiger partial charge in [0.15, 0.2) is 10.8 Å². The van der Waals surface area contributed by atoms with E-state index in [-0.39, 0.29) is 28.0 Å². The lowest BCUT2D eigenvalue weighted by Gasteiger charge is -2.36. The molecule has 1 saturated heterocycles. The first kappa shape index (κ1) is 22.2. The summed E-state index contributed by atoms with van der Waals surface area (Å²) in [6.45, 7) is 1.56. The number of rotatable bonds is 6. The molecule has 12 nitrogen and oxygen atoms in total. The van der Waals surface area contributed by atoms with Crippen molar-refractivity contribution in [1.29, 1.82) is 0 Å². The third-order valence-corrected chi connectivity index (χ3v) is 6.20. The number of nitrogens with two attached hydrogens (primary N) is 1. The number of carbonyl (C=O) groups is 3. The van der Waals surface area contributed by atoms with Gasteiger partial charge in [0.05, 0.1) is 11.4 Å². The van der Waals surface area contributed by atoms with Crippen LogP contribution < -0.4 is 15.8 Å². The van der Waals surface area contributed by atoms with Gasteiger partial charge < -0.3 is 15.9 Å². The summed E-state index contributed by atoms with van der Waals surface area (Å²) in [5.74, 6) is -1.54. The van der Waals surface area contributed by atoms with E-state index in [1.54, 1.807) is 19.1 Å². The van der Waals surface area contributed by atoms with Gasteiger partial charge in [0.1, 0.15) is 18.8 Å². The van der Waals surface area contributed by atoms with E-state index in [4.69, 9.17) is 5.73 Å². The molecule has 164 valence electrons. The summed E-state index contributed by atoms with van der Waals surface area (Å²) in [4.78, 5) is 46.1. The first-order valence-corrected chi connectivity index (χ1v) is 11.1. The monoisotopic (exact) mass is 466 g/mol. The molecule has 0 bridgehead atoms. The topological polar surface area (TPSA) is 173 Å². The Morgan fingerprint density at radius 1 is 1.32 bits per heavy atom. The van der Waals surface area contributed by atoms with Gasteiger partial charge in [-0.3, -0.25) is 14.5 Å². The van der Waals surface area contributed by atoms with Crippen molar-refractivity contribution in [2.75, 3.05) is 19.4 Å². The lowest BCUT2D eigenvalue weighted by Crippen LogP contribution is -2.67. The molecule has 0 radical (unpaired) electrons. The molecule has 2 aromatic rings. The van der Waals surface area contributed by atoms with Crippen LogP contribution in [0.5, 0.6) is 0 Å². The lowest BCUT2D eigenvalue weighted by molar-refractivity contribution is -0.141. The van der Waals surface area contributed by atoms with E-state index >= 15 is 0 Å². The molecule has 14 heteroatoms. The van der Waals surface area contributed by atoms with Crippen LogP contribution in [0.15, 0.2) is 39.7 Å². The number of aryl methyl sites for hydroxylation is 1. The maximum atomic E-state index is 12.4. The number of nitrogens with one attached hydrogen (secondary N) is 2. The van der Waals surface area contributed by atoms with E-state index < -0.39 is 33.9 Å². The number of benzene rings is 1. The molecule has 4 amide bonds. The number of hydrogen-bond donors (Lipinski definition) is 3. The van der Waals surface area contributed by atoms with Crippen LogP contribution in [0.2, 0.25) is 0 Å². The van der Waals surface area contributed by atoms with Crippen molar-refractivity contribution >= 4 is 50.0 Å². The Morgan fingerprint density at radius 2 is 2.00 bits per heavy atom. The van der Waals surface area contributed by atoms with Crippen molar-refractivity contribution in [3.63, 3.8) is 0 Å². The first-order valence-electron chi connectivity index (χ1n) is 8.70. The zero-order valence-corrected chi connectivity index (χ0v) is 18.0. The molecule has 4 N–H and O–H groups in total. The SMILES string of the molecule is CON=C(C(=O)N[C@H]1CN(C(=O)NS(=O)(=O)c2ccc(C)cc2)C1=O)c1csc(N)n1. The predicted molar refractivity (Wildman–Crippen MR) is 111 cm³/mol. The van der Waals surface area contributed by atoms with Gasteiger partial charge in [0, 0.05) is 5.38 Å². The summed E-state index contributed by atoms with van der Waals surface area (Å²) < 4.78 is 26.4. The second kappa shape index (κ2) is 8.69. The quantitative estimate of drug-likeness (QED) is 0.298. The van der Waals surface area contributed by atoms with Crippen molar-refractivity contribution in [1.82, 2.24) is 19.9 Å². The normalized spacial score (nSPS) is 16.5. The zero-order chi connectivity index (χ0) is 22.8. The average molecular weight is 467 g/mol. The third kappa shape index (κ3) is 4.80. The Morgan fingerprint density at radius 3 is 2.55 bits per heavy atom. The van der Waals surface area contributed by atoms with Gasteiger partial charge in [0.2, 0.25) is 0 Å². The van der Waals surface area contributed by atoms with Crippen LogP contribution in [0.25, 0.3) is 0 Å². The number of imide groups is 1. The van der Waals surface area contributed by atoms with E-state index in [9.17, 15) is 22.8 Å². The van der Waals surface area contributed by atoms with Gasteiger partial charge >= 0.3 is 6.03 Å². The fraction of sp³-hybridized carbons (Fsp3) is 0.235. The Hall–Kier alpha value is -3.52. The van der Waals surface area contributed by atoms with Gasteiger partial charge in [-0.15, -0.1) is 11.3 Å². The minimum absolute atomic E-state index is 0.118. The lowest BCUT2D eigenvalue weighted by atomic mass is 10.1. The molecule has 1 fully saturated rings. The maximum Gasteiger partial charge on any atom is 0.338 e. The number of aromatic nitrogens is 1. The fourth-order valence-corrected chi connectivity index (χ4v) is 4.08. The molecule has 31 heavy (non-hydrogen) atoms. The molecule has 1 aromatic heterocycles. The molecule has 1 aliphatic heterocycles. The largest absolute Gasteiger partial charge is 0.398 e. The molecule has 1 aliphatic rings. The van der Waals surface area contributed by atoms with Crippen LogP contribution in [0, 0.1) is 6.92 Å². The van der Waals surface area contributed by atoms with E-state index in [2.05, 4.69) is 20.3 Å². The van der Waals surface area contributed by atoms with Crippen molar-refractivity contribution in [2.24, 2.45) is 5.16 Å². The molecule has 1 aromatic carbocycles. The number of urea groups is 1. The molecule has 0 spiro atoms. The summed E-state index contributed by atoms with van der Waals surface area (Å²) in [7, 11) is -2.92. The van der Waals surface area contributed by atoms with Crippen molar-refractivity contribution in [3.8, 4) is 0 Å². The fourth-order valence-electron chi connectivity index (χ4n) is 2.58. The molecule has 0 saturated carbocycles. The zero-order valence-electron chi connectivity index (χ0n) is 16.4. The molecular formula is C17H18N6O6S2. The van der Waals surface area contributed by atoms with E-state index in [0.717, 1.165) is 16.9 Å². The molecule has 2 heterocycles. The highest BCUT2D eigenvalue weighted by Gasteiger charge is 2.43. The van der Waals surface area contributed by atoms with Crippen molar-refractivity contribution in [3.05, 3.63) is 40.9 Å². The maximum absolute atomic E-state index is 12.4. The molecular weight excluding hydrogens is 448 g/mol. The summed E-state index contributed by atoms with van der Waals surface area (Å²) in [6.07, 6.45) is 0. The second-order valence-electron chi connectivity index (χ2n) is 6.39. The third-order valence-electron chi connectivity index (χ3n) is 4.19. The summed E-state index contributed by atoms with van der Waals surface area (Å²) in [5, 5.41) is 7.70. The Labute approximate surface area is 181 Å². The van der Waals surface area contributed by atoms with E-state index in [1.165, 1.54) is 24.6 Å². The highest BCUT2D eigenvalue weighted by Crippen LogP contribution is 2.16. The van der Waals surface area contributed by atoms with Gasteiger partial charge in [-0.2, -0.15) is 0 Å². The van der Waals surface area contributed by atoms with Crippen molar-refractivity contribution in [2.45, 2.75) is 17.9 Å². The summed E-state index contributed by atoms with van der Waals surface area (Å²) in [5.41, 5.74) is 6.35. The number of hydrogen-bond acceptors (Lipinski definition) is 10. The van der Waals surface area contributed by atoms with Crippen LogP contribution in [0.3, 0.4) is 0 Å². The van der Waals surface area contributed by atoms with E-state index in [0.29, 0.717) is 4.90 Å². The minimum Gasteiger partial charge on any atom is -0.398 e. The van der Waals surface area contributed by atoms with Crippen LogP contribution in [-0.2, 0) is 24.4 Å². The minimum atomic E-state index is -4.15. The van der Waals surface area contributed by atoms with Gasteiger partial charge in [-0.05, 0) is 19.1 Å². The number of anilines is 1. The number of sulfonamides is 1. The summed E-state index contributed by atoms with van der Waals surface area (Å²) >= 11 is 1.09. The average Bonchev–Trinajstić information content (AvgIpc) is 3.14. The molecule has 3 rings (SSSR count). The van der Waals surface area contributed by atoms with Crippen molar-refractivity contribution < 1.29 is 27.6 Å². The highest BCUT2D eigenvalue weighted by molar-refractivity contribution is 7.90. The smallest absolute Gasteiger partial charge is 0.338 e. The molecule has 0 unspecified atom stereocenters. The number of nitrogen functional groups attached to an aromatic ring is 1. The van der Waals surface area contributed by atoms with Crippen LogP contribution >= 0.6 is 11.3 Å². The number of nitrogens with zero attached hydrogens (tertiary/aromatic N) is 3. The standard InChI is InChI=1S/C17H18N6O6S2/c1-9-3-5-10(6-4-9)31(27,28)22-17(26)23-7-11(15(23)25)19-14(24)13(21-29-2)12-8-30-16(18)20-12/h3-6,8,11H,7H2,1-2H3,(H2,18,20)(H,19,24)(H,22,26)/t11-/m0/s1. The van der Waals surface area contributed by atoms with E-state index in [1.807, 2.05) is 4.72 Å². The number of thiazole rings is 1. The van der Waals surface area contributed by atoms with Crippen LogP contribution in [0.1, 0.15) is 11.3 Å². The number of β-lactam (4-membered cyclic amide) rings is 1. The Bertz CT molecular complexity index is 1160. The number of amides is 4. The number of oxime groups is 1. The van der Waals surface area contributed by atoms with Gasteiger partial charge in [-0.1, -0.05) is 22.9 Å². The predicted octanol–water partition coefficient (Wildman–Crippen LogP) is -0.190. The van der Waals surface area contributed by atoms with Gasteiger partial charge in [-0.25, -0.2) is 22.9 Å².